The smallest absolute Gasteiger partial charge is 0.293 e. The van der Waals surface area contributed by atoms with Crippen LogP contribution in [0.1, 0.15) is 16.7 Å². The fraction of sp³-hybridized carbons (Fsp3) is 0.167. The SMILES string of the molecule is O=C(NCCc1c[nH]c2ccccc12)C(Cc1ccccc1)Nc1nc(Cl)cn(Cc2ccccc2)c1=O. The Morgan fingerprint density at radius 2 is 1.63 bits per heavy atom. The Hall–Kier alpha value is -4.36. The van der Waals surface area contributed by atoms with Crippen LogP contribution in [-0.4, -0.2) is 33.0 Å². The number of fused-ring (bicyclic) bond motifs is 1. The van der Waals surface area contributed by atoms with Crippen molar-refractivity contribution in [2.75, 3.05) is 11.9 Å². The van der Waals surface area contributed by atoms with Gasteiger partial charge in [-0.2, -0.15) is 0 Å². The Bertz CT molecular complexity index is 1580. The van der Waals surface area contributed by atoms with Gasteiger partial charge in [0.1, 0.15) is 11.2 Å². The van der Waals surface area contributed by atoms with Crippen molar-refractivity contribution in [2.45, 2.75) is 25.4 Å². The molecule has 3 aromatic carbocycles. The van der Waals surface area contributed by atoms with Crippen LogP contribution < -0.4 is 16.2 Å². The van der Waals surface area contributed by atoms with E-state index in [1.54, 1.807) is 0 Å². The first-order chi connectivity index (χ1) is 18.6. The Kier molecular flexibility index (Phi) is 7.85. The lowest BCUT2D eigenvalue weighted by Gasteiger charge is -2.20. The van der Waals surface area contributed by atoms with Crippen LogP contribution in [0.4, 0.5) is 5.82 Å². The average Bonchev–Trinajstić information content (AvgIpc) is 3.35. The van der Waals surface area contributed by atoms with Crippen LogP contribution in [0.15, 0.2) is 102 Å². The van der Waals surface area contributed by atoms with E-state index in [0.29, 0.717) is 25.9 Å². The van der Waals surface area contributed by atoms with Crippen LogP contribution in [0.5, 0.6) is 0 Å². The summed E-state index contributed by atoms with van der Waals surface area (Å²) in [5.41, 5.74) is 3.77. The van der Waals surface area contributed by atoms with E-state index in [2.05, 4.69) is 26.7 Å². The predicted octanol–water partition coefficient (Wildman–Crippen LogP) is 4.81. The average molecular weight is 526 g/mol. The zero-order valence-corrected chi connectivity index (χ0v) is 21.5. The number of nitrogens with zero attached hydrogens (tertiary/aromatic N) is 2. The molecule has 7 nitrogen and oxygen atoms in total. The van der Waals surface area contributed by atoms with E-state index in [4.69, 9.17) is 11.6 Å². The molecule has 3 N–H and O–H groups in total. The normalized spacial score (nSPS) is 11.8. The second kappa shape index (κ2) is 11.8. The molecule has 0 aliphatic heterocycles. The number of aromatic amines is 1. The number of carbonyl (C=O) groups excluding carboxylic acids is 1. The Labute approximate surface area is 225 Å². The molecule has 192 valence electrons. The predicted molar refractivity (Wildman–Crippen MR) is 152 cm³/mol. The number of aromatic nitrogens is 3. The lowest BCUT2D eigenvalue weighted by atomic mass is 10.0. The Morgan fingerprint density at radius 1 is 0.947 bits per heavy atom. The maximum atomic E-state index is 13.4. The van der Waals surface area contributed by atoms with E-state index >= 15 is 0 Å². The number of halogens is 1. The molecule has 0 radical (unpaired) electrons. The molecule has 2 aromatic heterocycles. The third-order valence-electron chi connectivity index (χ3n) is 6.42. The third-order valence-corrected chi connectivity index (χ3v) is 6.60. The standard InChI is InChI=1S/C30H28ClN5O2/c31-27-20-36(19-22-11-5-2-6-12-22)30(38)28(35-27)34-26(17-21-9-3-1-4-10-21)29(37)32-16-15-23-18-33-25-14-8-7-13-24(23)25/h1-14,18,20,26,33H,15-17,19H2,(H,32,37)(H,34,35). The molecule has 0 spiro atoms. The number of para-hydroxylation sites is 1. The van der Waals surface area contributed by atoms with Crippen LogP contribution in [0.25, 0.3) is 10.9 Å². The number of nitrogens with one attached hydrogen (secondary N) is 3. The van der Waals surface area contributed by atoms with Gasteiger partial charge in [-0.25, -0.2) is 4.98 Å². The summed E-state index contributed by atoms with van der Waals surface area (Å²) < 4.78 is 1.50. The van der Waals surface area contributed by atoms with Gasteiger partial charge >= 0.3 is 0 Å². The summed E-state index contributed by atoms with van der Waals surface area (Å²) >= 11 is 6.29. The lowest BCUT2D eigenvalue weighted by Crippen LogP contribution is -2.43. The first kappa shape index (κ1) is 25.3. The molecule has 0 aliphatic carbocycles. The zero-order chi connectivity index (χ0) is 26.3. The molecule has 0 fully saturated rings. The van der Waals surface area contributed by atoms with E-state index in [-0.39, 0.29) is 22.4 Å². The minimum Gasteiger partial charge on any atom is -0.361 e. The molecular weight excluding hydrogens is 498 g/mol. The number of hydrogen-bond acceptors (Lipinski definition) is 4. The molecule has 1 atom stereocenters. The minimum absolute atomic E-state index is 0.0427. The number of carbonyl (C=O) groups is 1. The fourth-order valence-electron chi connectivity index (χ4n) is 4.50. The zero-order valence-electron chi connectivity index (χ0n) is 20.7. The highest BCUT2D eigenvalue weighted by molar-refractivity contribution is 6.29. The van der Waals surface area contributed by atoms with Gasteiger partial charge in [-0.3, -0.25) is 9.59 Å². The van der Waals surface area contributed by atoms with Gasteiger partial charge in [0.05, 0.1) is 6.54 Å². The largest absolute Gasteiger partial charge is 0.361 e. The van der Waals surface area contributed by atoms with Gasteiger partial charge in [0.15, 0.2) is 5.82 Å². The van der Waals surface area contributed by atoms with Crippen molar-refractivity contribution >= 4 is 34.2 Å². The molecule has 1 amide bonds. The quantitative estimate of drug-likeness (QED) is 0.244. The summed E-state index contributed by atoms with van der Waals surface area (Å²) in [5.74, 6) is -0.175. The first-order valence-corrected chi connectivity index (χ1v) is 12.9. The van der Waals surface area contributed by atoms with Gasteiger partial charge in [-0.15, -0.1) is 0 Å². The van der Waals surface area contributed by atoms with Crippen molar-refractivity contribution in [1.82, 2.24) is 19.9 Å². The van der Waals surface area contributed by atoms with Crippen LogP contribution >= 0.6 is 11.6 Å². The van der Waals surface area contributed by atoms with Crippen LogP contribution in [0, 0.1) is 0 Å². The number of H-pyrrole nitrogens is 1. The van der Waals surface area contributed by atoms with E-state index in [9.17, 15) is 9.59 Å². The van der Waals surface area contributed by atoms with Crippen LogP contribution in [0.3, 0.4) is 0 Å². The summed E-state index contributed by atoms with van der Waals surface area (Å²) in [7, 11) is 0. The molecule has 0 saturated heterocycles. The third kappa shape index (κ3) is 6.12. The van der Waals surface area contributed by atoms with E-state index < -0.39 is 6.04 Å². The van der Waals surface area contributed by atoms with E-state index in [1.165, 1.54) is 10.8 Å². The number of benzene rings is 3. The van der Waals surface area contributed by atoms with Gasteiger partial charge < -0.3 is 20.2 Å². The van der Waals surface area contributed by atoms with Gasteiger partial charge in [0.2, 0.25) is 5.91 Å². The molecule has 0 saturated carbocycles. The first-order valence-electron chi connectivity index (χ1n) is 12.5. The number of hydrogen-bond donors (Lipinski definition) is 3. The molecule has 8 heteroatoms. The molecule has 0 aliphatic rings. The highest BCUT2D eigenvalue weighted by Crippen LogP contribution is 2.18. The number of anilines is 1. The topological polar surface area (TPSA) is 91.8 Å². The monoisotopic (exact) mass is 525 g/mol. The molecular formula is C30H28ClN5O2. The van der Waals surface area contributed by atoms with Crippen molar-refractivity contribution < 1.29 is 4.79 Å². The van der Waals surface area contributed by atoms with Crippen molar-refractivity contribution in [1.29, 1.82) is 0 Å². The van der Waals surface area contributed by atoms with Crippen LogP contribution in [0.2, 0.25) is 5.15 Å². The lowest BCUT2D eigenvalue weighted by molar-refractivity contribution is -0.121. The van der Waals surface area contributed by atoms with Gasteiger partial charge in [-0.05, 0) is 29.2 Å². The molecule has 0 bridgehead atoms. The second-order valence-corrected chi connectivity index (χ2v) is 9.51. The van der Waals surface area contributed by atoms with Crippen molar-refractivity contribution in [2.24, 2.45) is 0 Å². The summed E-state index contributed by atoms with van der Waals surface area (Å²) in [6, 6.07) is 26.7. The van der Waals surface area contributed by atoms with Crippen molar-refractivity contribution in [3.8, 4) is 0 Å². The Morgan fingerprint density at radius 3 is 2.39 bits per heavy atom. The Balaban J connectivity index is 1.34. The molecule has 2 heterocycles. The fourth-order valence-corrected chi connectivity index (χ4v) is 4.71. The van der Waals surface area contributed by atoms with Gasteiger partial charge in [-0.1, -0.05) is 90.5 Å². The second-order valence-electron chi connectivity index (χ2n) is 9.12. The van der Waals surface area contributed by atoms with Crippen LogP contribution in [-0.2, 0) is 24.2 Å². The van der Waals surface area contributed by atoms with E-state index in [1.807, 2.05) is 85.1 Å². The number of amides is 1. The minimum atomic E-state index is -0.718. The summed E-state index contributed by atoms with van der Waals surface area (Å²) in [5, 5.41) is 7.43. The summed E-state index contributed by atoms with van der Waals surface area (Å²) in [6.07, 6.45) is 4.54. The summed E-state index contributed by atoms with van der Waals surface area (Å²) in [4.78, 5) is 34.1. The van der Waals surface area contributed by atoms with Crippen molar-refractivity contribution in [3.63, 3.8) is 0 Å². The van der Waals surface area contributed by atoms with E-state index in [0.717, 1.165) is 27.6 Å². The maximum Gasteiger partial charge on any atom is 0.293 e. The number of rotatable bonds is 10. The van der Waals surface area contributed by atoms with Gasteiger partial charge in [0.25, 0.3) is 5.56 Å². The molecule has 1 unspecified atom stereocenters. The van der Waals surface area contributed by atoms with Gasteiger partial charge in [0, 0.05) is 36.3 Å². The molecule has 5 aromatic rings. The maximum absolute atomic E-state index is 13.4. The molecule has 5 rings (SSSR count). The highest BCUT2D eigenvalue weighted by atomic mass is 35.5. The van der Waals surface area contributed by atoms with Crippen molar-refractivity contribution in [3.05, 3.63) is 130 Å². The summed E-state index contributed by atoms with van der Waals surface area (Å²) in [6.45, 7) is 0.797. The highest BCUT2D eigenvalue weighted by Gasteiger charge is 2.22. The molecule has 38 heavy (non-hydrogen) atoms.